The van der Waals surface area contributed by atoms with Gasteiger partial charge in [-0.3, -0.25) is 0 Å². The Morgan fingerprint density at radius 3 is 3.00 bits per heavy atom. The van der Waals surface area contributed by atoms with Crippen molar-refractivity contribution in [2.45, 2.75) is 45.6 Å². The third-order valence-corrected chi connectivity index (χ3v) is 3.87. The van der Waals surface area contributed by atoms with Gasteiger partial charge in [0.15, 0.2) is 0 Å². The van der Waals surface area contributed by atoms with Gasteiger partial charge in [0.05, 0.1) is 6.61 Å². The van der Waals surface area contributed by atoms with Gasteiger partial charge < -0.3 is 10.1 Å². The molecule has 1 aromatic carbocycles. The molecule has 1 aliphatic carbocycles. The zero-order valence-corrected chi connectivity index (χ0v) is 11.6. The molecule has 0 amide bonds. The van der Waals surface area contributed by atoms with Crippen molar-refractivity contribution in [1.29, 1.82) is 0 Å². The van der Waals surface area contributed by atoms with E-state index in [1.807, 2.05) is 6.07 Å². The van der Waals surface area contributed by atoms with Crippen LogP contribution in [0.25, 0.3) is 0 Å². The van der Waals surface area contributed by atoms with Gasteiger partial charge in [0.25, 0.3) is 0 Å². The van der Waals surface area contributed by atoms with E-state index in [0.29, 0.717) is 0 Å². The summed E-state index contributed by atoms with van der Waals surface area (Å²) < 4.78 is 5.85. The zero-order chi connectivity index (χ0) is 12.8. The third kappa shape index (κ3) is 3.74. The molecule has 100 valence electrons. The molecule has 0 saturated heterocycles. The topological polar surface area (TPSA) is 21.3 Å². The molecule has 1 fully saturated rings. The van der Waals surface area contributed by atoms with Crippen molar-refractivity contribution < 1.29 is 4.74 Å². The Morgan fingerprint density at radius 2 is 2.22 bits per heavy atom. The van der Waals surface area contributed by atoms with Gasteiger partial charge in [0.2, 0.25) is 0 Å². The standard InChI is InChI=1S/C16H25NO/c1-3-17-16-9-5-7-14(16)10-11-18-15-8-4-6-13(2)12-15/h4,6,8,12,14,16-17H,3,5,7,9-11H2,1-2H3. The Hall–Kier alpha value is -1.02. The first kappa shape index (κ1) is 13.4. The second-order valence-electron chi connectivity index (χ2n) is 5.31. The summed E-state index contributed by atoms with van der Waals surface area (Å²) in [6, 6.07) is 9.03. The molecular formula is C16H25NO. The predicted octanol–water partition coefficient (Wildman–Crippen LogP) is 3.54. The fraction of sp³-hybridized carbons (Fsp3) is 0.625. The van der Waals surface area contributed by atoms with Gasteiger partial charge >= 0.3 is 0 Å². The van der Waals surface area contributed by atoms with Crippen molar-refractivity contribution in [2.24, 2.45) is 5.92 Å². The Labute approximate surface area is 111 Å². The average Bonchev–Trinajstić information content (AvgIpc) is 2.78. The molecule has 0 aromatic heterocycles. The van der Waals surface area contributed by atoms with Gasteiger partial charge in [-0.25, -0.2) is 0 Å². The highest BCUT2D eigenvalue weighted by atomic mass is 16.5. The van der Waals surface area contributed by atoms with Crippen molar-refractivity contribution >= 4 is 0 Å². The lowest BCUT2D eigenvalue weighted by molar-refractivity contribution is 0.261. The van der Waals surface area contributed by atoms with E-state index in [9.17, 15) is 0 Å². The second kappa shape index (κ2) is 6.79. The maximum absolute atomic E-state index is 5.85. The zero-order valence-electron chi connectivity index (χ0n) is 11.6. The molecule has 0 spiro atoms. The SMILES string of the molecule is CCNC1CCCC1CCOc1cccc(C)c1. The van der Waals surface area contributed by atoms with Crippen LogP contribution < -0.4 is 10.1 Å². The maximum Gasteiger partial charge on any atom is 0.119 e. The maximum atomic E-state index is 5.85. The molecule has 1 aliphatic rings. The highest BCUT2D eigenvalue weighted by Crippen LogP contribution is 2.28. The molecule has 2 heteroatoms. The first-order valence-corrected chi connectivity index (χ1v) is 7.22. The molecule has 0 radical (unpaired) electrons. The summed E-state index contributed by atoms with van der Waals surface area (Å²) in [6.07, 6.45) is 5.23. The lowest BCUT2D eigenvalue weighted by atomic mass is 10.00. The fourth-order valence-electron chi connectivity index (χ4n) is 2.95. The van der Waals surface area contributed by atoms with Crippen LogP contribution in [0.15, 0.2) is 24.3 Å². The van der Waals surface area contributed by atoms with Crippen LogP contribution >= 0.6 is 0 Å². The fourth-order valence-corrected chi connectivity index (χ4v) is 2.95. The Balaban J connectivity index is 1.74. The first-order chi connectivity index (χ1) is 8.79. The van der Waals surface area contributed by atoms with Gasteiger partial charge in [-0.2, -0.15) is 0 Å². The minimum Gasteiger partial charge on any atom is -0.494 e. The van der Waals surface area contributed by atoms with E-state index in [0.717, 1.165) is 30.9 Å². The van der Waals surface area contributed by atoms with Crippen molar-refractivity contribution in [3.8, 4) is 5.75 Å². The van der Waals surface area contributed by atoms with E-state index < -0.39 is 0 Å². The summed E-state index contributed by atoms with van der Waals surface area (Å²) in [5.74, 6) is 1.81. The molecule has 0 bridgehead atoms. The molecule has 2 atom stereocenters. The first-order valence-electron chi connectivity index (χ1n) is 7.22. The van der Waals surface area contributed by atoms with Crippen molar-refractivity contribution in [3.63, 3.8) is 0 Å². The minimum absolute atomic E-state index is 0.719. The van der Waals surface area contributed by atoms with E-state index >= 15 is 0 Å². The van der Waals surface area contributed by atoms with Crippen LogP contribution in [0, 0.1) is 12.8 Å². The van der Waals surface area contributed by atoms with Gasteiger partial charge in [0.1, 0.15) is 5.75 Å². The van der Waals surface area contributed by atoms with E-state index in [2.05, 4.69) is 37.4 Å². The molecule has 1 aromatic rings. The largest absolute Gasteiger partial charge is 0.494 e. The number of rotatable bonds is 6. The van der Waals surface area contributed by atoms with E-state index in [4.69, 9.17) is 4.74 Å². The number of benzene rings is 1. The van der Waals surface area contributed by atoms with Crippen molar-refractivity contribution in [3.05, 3.63) is 29.8 Å². The van der Waals surface area contributed by atoms with E-state index in [-0.39, 0.29) is 0 Å². The predicted molar refractivity (Wildman–Crippen MR) is 76.1 cm³/mol. The van der Waals surface area contributed by atoms with Gasteiger partial charge in [-0.1, -0.05) is 25.5 Å². The molecular weight excluding hydrogens is 222 g/mol. The van der Waals surface area contributed by atoms with Gasteiger partial charge in [0, 0.05) is 6.04 Å². The monoisotopic (exact) mass is 247 g/mol. The van der Waals surface area contributed by atoms with Crippen LogP contribution in [-0.4, -0.2) is 19.2 Å². The number of hydrogen-bond acceptors (Lipinski definition) is 2. The lowest BCUT2D eigenvalue weighted by Gasteiger charge is -2.20. The molecule has 1 saturated carbocycles. The summed E-state index contributed by atoms with van der Waals surface area (Å²) in [4.78, 5) is 0. The number of ether oxygens (including phenoxy) is 1. The summed E-state index contributed by atoms with van der Waals surface area (Å²) >= 11 is 0. The molecule has 2 unspecified atom stereocenters. The minimum atomic E-state index is 0.719. The van der Waals surface area contributed by atoms with Crippen molar-refractivity contribution in [1.82, 2.24) is 5.32 Å². The highest BCUT2D eigenvalue weighted by Gasteiger charge is 2.25. The Kier molecular flexibility index (Phi) is 5.06. The van der Waals surface area contributed by atoms with Crippen LogP contribution in [0.3, 0.4) is 0 Å². The van der Waals surface area contributed by atoms with Gasteiger partial charge in [-0.15, -0.1) is 0 Å². The normalized spacial score (nSPS) is 23.2. The molecule has 0 aliphatic heterocycles. The van der Waals surface area contributed by atoms with Crippen LogP contribution in [0.4, 0.5) is 0 Å². The second-order valence-corrected chi connectivity index (χ2v) is 5.31. The number of hydrogen-bond donors (Lipinski definition) is 1. The van der Waals surface area contributed by atoms with Crippen LogP contribution in [-0.2, 0) is 0 Å². The van der Waals surface area contributed by atoms with Crippen LogP contribution in [0.2, 0.25) is 0 Å². The average molecular weight is 247 g/mol. The summed E-state index contributed by atoms with van der Waals surface area (Å²) in [7, 11) is 0. The quantitative estimate of drug-likeness (QED) is 0.830. The molecule has 1 N–H and O–H groups in total. The van der Waals surface area contributed by atoms with Crippen molar-refractivity contribution in [2.75, 3.05) is 13.2 Å². The molecule has 2 rings (SSSR count). The number of nitrogens with one attached hydrogen (secondary N) is 1. The Morgan fingerprint density at radius 1 is 1.33 bits per heavy atom. The van der Waals surface area contributed by atoms with Crippen LogP contribution in [0.1, 0.15) is 38.2 Å². The molecule has 0 heterocycles. The molecule has 2 nitrogen and oxygen atoms in total. The van der Waals surface area contributed by atoms with Crippen LogP contribution in [0.5, 0.6) is 5.75 Å². The smallest absolute Gasteiger partial charge is 0.119 e. The molecule has 18 heavy (non-hydrogen) atoms. The van der Waals surface area contributed by atoms with Gasteiger partial charge in [-0.05, 0) is 56.3 Å². The number of aryl methyl sites for hydroxylation is 1. The lowest BCUT2D eigenvalue weighted by Crippen LogP contribution is -2.32. The summed E-state index contributed by atoms with van der Waals surface area (Å²) in [5.41, 5.74) is 1.26. The third-order valence-electron chi connectivity index (χ3n) is 3.87. The van der Waals surface area contributed by atoms with E-state index in [1.54, 1.807) is 0 Å². The summed E-state index contributed by atoms with van der Waals surface area (Å²) in [6.45, 7) is 6.22. The highest BCUT2D eigenvalue weighted by molar-refractivity contribution is 5.27. The Bertz CT molecular complexity index is 364. The summed E-state index contributed by atoms with van der Waals surface area (Å²) in [5, 5.41) is 3.60. The van der Waals surface area contributed by atoms with E-state index in [1.165, 1.54) is 31.2 Å².